The van der Waals surface area contributed by atoms with Gasteiger partial charge in [0.2, 0.25) is 0 Å². The number of rotatable bonds is 7. The summed E-state index contributed by atoms with van der Waals surface area (Å²) in [7, 11) is 1.61. The average molecular weight is 188 g/mol. The van der Waals surface area contributed by atoms with Gasteiger partial charge in [0.1, 0.15) is 6.61 Å². The van der Waals surface area contributed by atoms with Gasteiger partial charge < -0.3 is 14.2 Å². The van der Waals surface area contributed by atoms with E-state index in [1.54, 1.807) is 20.1 Å². The monoisotopic (exact) mass is 188 g/mol. The fraction of sp³-hybridized carbons (Fsp3) is 0.667. The van der Waals surface area contributed by atoms with Gasteiger partial charge in [-0.1, -0.05) is 6.08 Å². The van der Waals surface area contributed by atoms with E-state index in [0.717, 1.165) is 0 Å². The van der Waals surface area contributed by atoms with Crippen LogP contribution in [-0.4, -0.2) is 39.5 Å². The molecular formula is C9H16O4. The molecule has 0 unspecified atom stereocenters. The molecule has 4 nitrogen and oxygen atoms in total. The van der Waals surface area contributed by atoms with E-state index in [-0.39, 0.29) is 12.6 Å². The Hall–Kier alpha value is -0.870. The molecule has 0 atom stereocenters. The highest BCUT2D eigenvalue weighted by molar-refractivity contribution is 5.81. The molecule has 0 aliphatic heterocycles. The van der Waals surface area contributed by atoms with Gasteiger partial charge in [-0.05, 0) is 6.92 Å². The molecule has 0 amide bonds. The van der Waals surface area contributed by atoms with Crippen molar-refractivity contribution in [2.45, 2.75) is 6.92 Å². The summed E-state index contributed by atoms with van der Waals surface area (Å²) >= 11 is 0. The molecule has 13 heavy (non-hydrogen) atoms. The Morgan fingerprint density at radius 1 is 1.23 bits per heavy atom. The summed E-state index contributed by atoms with van der Waals surface area (Å²) in [5.41, 5.74) is 0. The molecule has 0 aromatic rings. The number of ether oxygens (including phenoxy) is 3. The zero-order valence-electron chi connectivity index (χ0n) is 8.12. The Morgan fingerprint density at radius 3 is 2.54 bits per heavy atom. The molecule has 0 aliphatic rings. The van der Waals surface area contributed by atoms with Crippen molar-refractivity contribution in [2.75, 3.05) is 33.5 Å². The molecule has 0 aromatic heterocycles. The summed E-state index contributed by atoms with van der Waals surface area (Å²) in [6, 6.07) is 0. The number of carbonyl (C=O) groups is 1. The van der Waals surface area contributed by atoms with Crippen LogP contribution in [0.4, 0.5) is 0 Å². The lowest BCUT2D eigenvalue weighted by Crippen LogP contribution is -2.10. The van der Waals surface area contributed by atoms with Crippen molar-refractivity contribution in [1.29, 1.82) is 0 Å². The molecule has 76 valence electrons. The van der Waals surface area contributed by atoms with Gasteiger partial charge in [0.25, 0.3) is 0 Å². The molecule has 0 saturated heterocycles. The second kappa shape index (κ2) is 9.22. The molecule has 0 aromatic carbocycles. The zero-order valence-corrected chi connectivity index (χ0v) is 8.12. The van der Waals surface area contributed by atoms with Crippen molar-refractivity contribution in [1.82, 2.24) is 0 Å². The first kappa shape index (κ1) is 12.1. The van der Waals surface area contributed by atoms with Crippen molar-refractivity contribution < 1.29 is 19.0 Å². The van der Waals surface area contributed by atoms with Crippen molar-refractivity contribution >= 4 is 5.97 Å². The van der Waals surface area contributed by atoms with Crippen molar-refractivity contribution in [3.63, 3.8) is 0 Å². The minimum Gasteiger partial charge on any atom is -0.460 e. The van der Waals surface area contributed by atoms with Crippen LogP contribution >= 0.6 is 0 Å². The van der Waals surface area contributed by atoms with E-state index in [2.05, 4.69) is 0 Å². The van der Waals surface area contributed by atoms with Gasteiger partial charge in [0.15, 0.2) is 0 Å². The van der Waals surface area contributed by atoms with Gasteiger partial charge in [-0.2, -0.15) is 0 Å². The average Bonchev–Trinajstić information content (AvgIpc) is 2.11. The van der Waals surface area contributed by atoms with Crippen LogP contribution in [0.25, 0.3) is 0 Å². The molecule has 0 fully saturated rings. The van der Waals surface area contributed by atoms with Gasteiger partial charge in [-0.3, -0.25) is 0 Å². The first-order valence-corrected chi connectivity index (χ1v) is 4.17. The Bertz CT molecular complexity index is 154. The normalized spacial score (nSPS) is 10.6. The fourth-order valence-electron chi connectivity index (χ4n) is 0.630. The zero-order chi connectivity index (χ0) is 9.94. The summed E-state index contributed by atoms with van der Waals surface area (Å²) in [5, 5.41) is 0. The largest absolute Gasteiger partial charge is 0.460 e. The van der Waals surface area contributed by atoms with Crippen LogP contribution in [-0.2, 0) is 19.0 Å². The third-order valence-corrected chi connectivity index (χ3v) is 1.21. The molecule has 0 bridgehead atoms. The van der Waals surface area contributed by atoms with E-state index in [0.29, 0.717) is 19.8 Å². The highest BCUT2D eigenvalue weighted by Crippen LogP contribution is 1.83. The maximum atomic E-state index is 10.7. The first-order chi connectivity index (χ1) is 6.31. The minimum absolute atomic E-state index is 0.285. The lowest BCUT2D eigenvalue weighted by Gasteiger charge is -2.03. The van der Waals surface area contributed by atoms with Crippen LogP contribution < -0.4 is 0 Å². The van der Waals surface area contributed by atoms with Gasteiger partial charge in [0.05, 0.1) is 19.8 Å². The van der Waals surface area contributed by atoms with Gasteiger partial charge in [0, 0.05) is 13.2 Å². The smallest absolute Gasteiger partial charge is 0.330 e. The number of methoxy groups -OCH3 is 1. The third kappa shape index (κ3) is 9.04. The quantitative estimate of drug-likeness (QED) is 0.336. The van der Waals surface area contributed by atoms with E-state index >= 15 is 0 Å². The number of hydrogen-bond donors (Lipinski definition) is 0. The summed E-state index contributed by atoms with van der Waals surface area (Å²) in [6.45, 7) is 3.54. The second-order valence-electron chi connectivity index (χ2n) is 2.27. The van der Waals surface area contributed by atoms with E-state index < -0.39 is 0 Å². The molecule has 0 saturated carbocycles. The SMILES string of the molecule is C/C=C\C(=O)OCCOCCOC. The summed E-state index contributed by atoms with van der Waals surface area (Å²) in [4.78, 5) is 10.7. The highest BCUT2D eigenvalue weighted by atomic mass is 16.6. The molecule has 0 rings (SSSR count). The molecule has 0 heterocycles. The van der Waals surface area contributed by atoms with Crippen molar-refractivity contribution in [3.8, 4) is 0 Å². The Kier molecular flexibility index (Phi) is 8.60. The molecule has 0 radical (unpaired) electrons. The van der Waals surface area contributed by atoms with E-state index in [1.807, 2.05) is 0 Å². The predicted octanol–water partition coefficient (Wildman–Crippen LogP) is 0.769. The Balaban J connectivity index is 3.11. The van der Waals surface area contributed by atoms with Crippen LogP contribution in [0.15, 0.2) is 12.2 Å². The predicted molar refractivity (Wildman–Crippen MR) is 48.5 cm³/mol. The second-order valence-corrected chi connectivity index (χ2v) is 2.27. The maximum Gasteiger partial charge on any atom is 0.330 e. The first-order valence-electron chi connectivity index (χ1n) is 4.17. The van der Waals surface area contributed by atoms with Crippen LogP contribution in [0.3, 0.4) is 0 Å². The number of esters is 1. The molecule has 0 aliphatic carbocycles. The number of carbonyl (C=O) groups excluding carboxylic acids is 1. The van der Waals surface area contributed by atoms with Crippen LogP contribution in [0, 0.1) is 0 Å². The molecule has 0 N–H and O–H groups in total. The van der Waals surface area contributed by atoms with Crippen LogP contribution in [0.2, 0.25) is 0 Å². The van der Waals surface area contributed by atoms with Crippen LogP contribution in [0.5, 0.6) is 0 Å². The summed E-state index contributed by atoms with van der Waals surface area (Å²) < 4.78 is 14.6. The Labute approximate surface area is 78.5 Å². The topological polar surface area (TPSA) is 44.8 Å². The third-order valence-electron chi connectivity index (χ3n) is 1.21. The molecule has 4 heteroatoms. The standard InChI is InChI=1S/C9H16O4/c1-3-4-9(10)13-8-7-12-6-5-11-2/h3-4H,5-8H2,1-2H3/b4-3-. The van der Waals surface area contributed by atoms with E-state index in [4.69, 9.17) is 14.2 Å². The lowest BCUT2D eigenvalue weighted by atomic mass is 10.5. The number of hydrogen-bond acceptors (Lipinski definition) is 4. The minimum atomic E-state index is -0.335. The highest BCUT2D eigenvalue weighted by Gasteiger charge is 1.94. The van der Waals surface area contributed by atoms with E-state index in [9.17, 15) is 4.79 Å². The fourth-order valence-corrected chi connectivity index (χ4v) is 0.630. The van der Waals surface area contributed by atoms with Crippen molar-refractivity contribution in [3.05, 3.63) is 12.2 Å². The molecular weight excluding hydrogens is 172 g/mol. The number of allylic oxidation sites excluding steroid dienone is 1. The maximum absolute atomic E-state index is 10.7. The Morgan fingerprint density at radius 2 is 1.92 bits per heavy atom. The van der Waals surface area contributed by atoms with Gasteiger partial charge in [-0.25, -0.2) is 4.79 Å². The summed E-state index contributed by atoms with van der Waals surface area (Å²) in [5.74, 6) is -0.335. The van der Waals surface area contributed by atoms with Gasteiger partial charge in [-0.15, -0.1) is 0 Å². The van der Waals surface area contributed by atoms with E-state index in [1.165, 1.54) is 6.08 Å². The van der Waals surface area contributed by atoms with Crippen molar-refractivity contribution in [2.24, 2.45) is 0 Å². The lowest BCUT2D eigenvalue weighted by molar-refractivity contribution is -0.139. The van der Waals surface area contributed by atoms with Crippen LogP contribution in [0.1, 0.15) is 6.92 Å². The molecule has 0 spiro atoms. The summed E-state index contributed by atoms with van der Waals surface area (Å²) in [6.07, 6.45) is 3.00. The van der Waals surface area contributed by atoms with Gasteiger partial charge >= 0.3 is 5.97 Å².